The lowest BCUT2D eigenvalue weighted by Crippen LogP contribution is -2.22. The fourth-order valence-electron chi connectivity index (χ4n) is 1.61. The second-order valence-corrected chi connectivity index (χ2v) is 5.24. The first kappa shape index (κ1) is 8.45. The van der Waals surface area contributed by atoms with Gasteiger partial charge in [-0.05, 0) is 37.4 Å². The molecular weight excluding hydrogens is 140 g/mol. The van der Waals surface area contributed by atoms with Gasteiger partial charge in [-0.1, -0.05) is 13.8 Å². The Bertz CT molecular complexity index is 97.3. The molecule has 0 spiro atoms. The Kier molecular flexibility index (Phi) is 2.67. The molecule has 1 aliphatic carbocycles. The molecule has 60 valence electrons. The van der Waals surface area contributed by atoms with Gasteiger partial charge in [-0.25, -0.2) is 0 Å². The zero-order valence-electron chi connectivity index (χ0n) is 7.31. The molecule has 0 unspecified atom stereocenters. The maximum Gasteiger partial charge on any atom is 0.00446 e. The van der Waals surface area contributed by atoms with Crippen LogP contribution in [0.5, 0.6) is 0 Å². The Morgan fingerprint density at radius 1 is 1.20 bits per heavy atom. The molecule has 0 aromatic carbocycles. The zero-order chi connectivity index (χ0) is 7.61. The van der Waals surface area contributed by atoms with Gasteiger partial charge in [0.1, 0.15) is 0 Å². The SMILES string of the molecule is CSC1CCC(C)(C)CC1. The Hall–Kier alpha value is 0.350. The van der Waals surface area contributed by atoms with Crippen molar-refractivity contribution in [3.05, 3.63) is 0 Å². The van der Waals surface area contributed by atoms with Gasteiger partial charge in [0.25, 0.3) is 0 Å². The summed E-state index contributed by atoms with van der Waals surface area (Å²) in [6, 6.07) is 0. The maximum absolute atomic E-state index is 2.39. The minimum absolute atomic E-state index is 0.645. The van der Waals surface area contributed by atoms with E-state index in [1.165, 1.54) is 25.7 Å². The topological polar surface area (TPSA) is 0 Å². The van der Waals surface area contributed by atoms with Crippen molar-refractivity contribution in [1.82, 2.24) is 0 Å². The van der Waals surface area contributed by atoms with Crippen LogP contribution in [0.1, 0.15) is 39.5 Å². The summed E-state index contributed by atoms with van der Waals surface area (Å²) in [7, 11) is 0. The van der Waals surface area contributed by atoms with E-state index in [0.29, 0.717) is 5.41 Å². The van der Waals surface area contributed by atoms with E-state index < -0.39 is 0 Å². The fourth-order valence-corrected chi connectivity index (χ4v) is 2.32. The van der Waals surface area contributed by atoms with Crippen molar-refractivity contribution in [1.29, 1.82) is 0 Å². The summed E-state index contributed by atoms with van der Waals surface area (Å²) >= 11 is 2.05. The Labute approximate surface area is 68.8 Å². The van der Waals surface area contributed by atoms with Crippen LogP contribution in [0.4, 0.5) is 0 Å². The largest absolute Gasteiger partial charge is 0.162 e. The molecular formula is C9H18S. The number of hydrogen-bond donors (Lipinski definition) is 0. The van der Waals surface area contributed by atoms with Crippen LogP contribution < -0.4 is 0 Å². The van der Waals surface area contributed by atoms with Gasteiger partial charge in [-0.3, -0.25) is 0 Å². The third kappa shape index (κ3) is 2.19. The highest BCUT2D eigenvalue weighted by Gasteiger charge is 2.25. The van der Waals surface area contributed by atoms with Crippen LogP contribution in [-0.4, -0.2) is 11.5 Å². The molecule has 1 aliphatic rings. The summed E-state index contributed by atoms with van der Waals surface area (Å²) in [5.74, 6) is 0. The summed E-state index contributed by atoms with van der Waals surface area (Å²) < 4.78 is 0. The van der Waals surface area contributed by atoms with Crippen LogP contribution in [0.2, 0.25) is 0 Å². The third-order valence-corrected chi connectivity index (χ3v) is 3.76. The summed E-state index contributed by atoms with van der Waals surface area (Å²) in [5, 5.41) is 0.966. The van der Waals surface area contributed by atoms with Crippen LogP contribution in [0.25, 0.3) is 0 Å². The maximum atomic E-state index is 2.39. The standard InChI is InChI=1S/C9H18S/c1-9(2)6-4-8(10-3)5-7-9/h8H,4-7H2,1-3H3. The second kappa shape index (κ2) is 3.17. The molecule has 10 heavy (non-hydrogen) atoms. The first-order valence-electron chi connectivity index (χ1n) is 4.17. The average molecular weight is 158 g/mol. The van der Waals surface area contributed by atoms with Crippen LogP contribution in [0.15, 0.2) is 0 Å². The predicted molar refractivity (Wildman–Crippen MR) is 49.6 cm³/mol. The molecule has 0 radical (unpaired) electrons. The van der Waals surface area contributed by atoms with Crippen molar-refractivity contribution < 1.29 is 0 Å². The Morgan fingerprint density at radius 2 is 1.70 bits per heavy atom. The van der Waals surface area contributed by atoms with Crippen molar-refractivity contribution in [2.24, 2.45) is 5.41 Å². The van der Waals surface area contributed by atoms with Crippen molar-refractivity contribution in [3.8, 4) is 0 Å². The number of thioether (sulfide) groups is 1. The molecule has 0 heterocycles. The van der Waals surface area contributed by atoms with Crippen molar-refractivity contribution in [2.45, 2.75) is 44.8 Å². The molecule has 1 heteroatoms. The van der Waals surface area contributed by atoms with Gasteiger partial charge in [0, 0.05) is 5.25 Å². The van der Waals surface area contributed by atoms with E-state index in [9.17, 15) is 0 Å². The molecule has 1 saturated carbocycles. The van der Waals surface area contributed by atoms with E-state index in [-0.39, 0.29) is 0 Å². The van der Waals surface area contributed by atoms with Crippen LogP contribution >= 0.6 is 11.8 Å². The van der Waals surface area contributed by atoms with Gasteiger partial charge in [-0.2, -0.15) is 11.8 Å². The van der Waals surface area contributed by atoms with E-state index >= 15 is 0 Å². The van der Waals surface area contributed by atoms with Crippen molar-refractivity contribution in [2.75, 3.05) is 6.26 Å². The lowest BCUT2D eigenvalue weighted by atomic mass is 9.77. The van der Waals surface area contributed by atoms with E-state index in [0.717, 1.165) is 5.25 Å². The molecule has 0 saturated heterocycles. The molecule has 0 nitrogen and oxygen atoms in total. The van der Waals surface area contributed by atoms with Gasteiger partial charge in [0.15, 0.2) is 0 Å². The third-order valence-electron chi connectivity index (χ3n) is 2.62. The molecule has 0 amide bonds. The fraction of sp³-hybridized carbons (Fsp3) is 1.00. The summed E-state index contributed by atoms with van der Waals surface area (Å²) in [6.07, 6.45) is 7.97. The van der Waals surface area contributed by atoms with Crippen LogP contribution in [0.3, 0.4) is 0 Å². The molecule has 0 aromatic rings. The minimum atomic E-state index is 0.645. The molecule has 1 rings (SSSR count). The smallest absolute Gasteiger partial charge is 0.00446 e. The highest BCUT2D eigenvalue weighted by Crippen LogP contribution is 2.38. The lowest BCUT2D eigenvalue weighted by molar-refractivity contribution is 0.249. The zero-order valence-corrected chi connectivity index (χ0v) is 8.13. The van der Waals surface area contributed by atoms with Gasteiger partial charge in [-0.15, -0.1) is 0 Å². The van der Waals surface area contributed by atoms with Crippen molar-refractivity contribution >= 4 is 11.8 Å². The van der Waals surface area contributed by atoms with Crippen molar-refractivity contribution in [3.63, 3.8) is 0 Å². The Balaban J connectivity index is 2.31. The number of rotatable bonds is 1. The highest BCUT2D eigenvalue weighted by atomic mass is 32.2. The van der Waals surface area contributed by atoms with Gasteiger partial charge in [0.2, 0.25) is 0 Å². The molecule has 1 fully saturated rings. The van der Waals surface area contributed by atoms with E-state index in [4.69, 9.17) is 0 Å². The minimum Gasteiger partial charge on any atom is -0.162 e. The summed E-state index contributed by atoms with van der Waals surface area (Å²) in [4.78, 5) is 0. The van der Waals surface area contributed by atoms with Gasteiger partial charge in [0.05, 0.1) is 0 Å². The summed E-state index contributed by atoms with van der Waals surface area (Å²) in [5.41, 5.74) is 0.645. The first-order valence-corrected chi connectivity index (χ1v) is 5.46. The average Bonchev–Trinajstić information content (AvgIpc) is 1.88. The normalized spacial score (nSPS) is 26.7. The van der Waals surface area contributed by atoms with E-state index in [1.807, 2.05) is 11.8 Å². The van der Waals surface area contributed by atoms with E-state index in [2.05, 4.69) is 20.1 Å². The molecule has 0 atom stereocenters. The number of hydrogen-bond acceptors (Lipinski definition) is 1. The lowest BCUT2D eigenvalue weighted by Gasteiger charge is -2.33. The second-order valence-electron chi connectivity index (χ2n) is 4.10. The first-order chi connectivity index (χ1) is 4.64. The molecule has 0 N–H and O–H groups in total. The van der Waals surface area contributed by atoms with Crippen LogP contribution in [-0.2, 0) is 0 Å². The molecule has 0 aromatic heterocycles. The quantitative estimate of drug-likeness (QED) is 0.564. The highest BCUT2D eigenvalue weighted by molar-refractivity contribution is 7.99. The van der Waals surface area contributed by atoms with E-state index in [1.54, 1.807) is 0 Å². The molecule has 0 aliphatic heterocycles. The molecule has 0 bridgehead atoms. The van der Waals surface area contributed by atoms with Gasteiger partial charge >= 0.3 is 0 Å². The van der Waals surface area contributed by atoms with Crippen LogP contribution in [0, 0.1) is 5.41 Å². The predicted octanol–water partition coefficient (Wildman–Crippen LogP) is 3.32. The Morgan fingerprint density at radius 3 is 2.10 bits per heavy atom. The van der Waals surface area contributed by atoms with Gasteiger partial charge < -0.3 is 0 Å². The summed E-state index contributed by atoms with van der Waals surface area (Å²) in [6.45, 7) is 4.78. The monoisotopic (exact) mass is 158 g/mol.